The van der Waals surface area contributed by atoms with Crippen LogP contribution in [-0.2, 0) is 0 Å². The van der Waals surface area contributed by atoms with Gasteiger partial charge in [-0.15, -0.1) is 11.3 Å². The molecule has 0 aliphatic heterocycles. The third kappa shape index (κ3) is 2.80. The molecule has 108 valence electrons. The van der Waals surface area contributed by atoms with Crippen LogP contribution in [0.3, 0.4) is 0 Å². The number of aliphatic imine (C=N–C) groups is 1. The molecule has 2 heterocycles. The van der Waals surface area contributed by atoms with Gasteiger partial charge in [-0.05, 0) is 26.0 Å². The van der Waals surface area contributed by atoms with E-state index in [2.05, 4.69) is 35.0 Å². The van der Waals surface area contributed by atoms with E-state index in [9.17, 15) is 0 Å². The van der Waals surface area contributed by atoms with Crippen LogP contribution in [0.1, 0.15) is 18.9 Å². The lowest BCUT2D eigenvalue weighted by Gasteiger charge is -2.21. The number of aromatic amines is 1. The molecule has 0 spiro atoms. The number of amidine groups is 1. The van der Waals surface area contributed by atoms with Crippen LogP contribution in [0.5, 0.6) is 0 Å². The first-order chi connectivity index (χ1) is 10.3. The van der Waals surface area contributed by atoms with Crippen LogP contribution in [0.15, 0.2) is 41.5 Å². The van der Waals surface area contributed by atoms with Crippen LogP contribution >= 0.6 is 11.3 Å². The lowest BCUT2D eigenvalue weighted by atomic mass is 10.3. The molecule has 0 fully saturated rings. The number of benzene rings is 1. The van der Waals surface area contributed by atoms with Crippen LogP contribution < -0.4 is 0 Å². The Morgan fingerprint density at radius 3 is 2.71 bits per heavy atom. The van der Waals surface area contributed by atoms with E-state index in [0.29, 0.717) is 0 Å². The highest BCUT2D eigenvalue weighted by Gasteiger charge is 2.16. The van der Waals surface area contributed by atoms with Gasteiger partial charge in [0.1, 0.15) is 5.82 Å². The van der Waals surface area contributed by atoms with Crippen molar-refractivity contribution in [1.82, 2.24) is 20.1 Å². The van der Waals surface area contributed by atoms with Gasteiger partial charge in [-0.1, -0.05) is 12.1 Å². The molecule has 6 heteroatoms. The lowest BCUT2D eigenvalue weighted by Crippen LogP contribution is -2.31. The number of nitrogens with one attached hydrogen (secondary N) is 1. The highest BCUT2D eigenvalue weighted by Crippen LogP contribution is 2.24. The second kappa shape index (κ2) is 6.05. The molecule has 21 heavy (non-hydrogen) atoms. The zero-order valence-corrected chi connectivity index (χ0v) is 12.9. The number of hydrogen-bond donors (Lipinski definition) is 1. The zero-order chi connectivity index (χ0) is 14.7. The molecule has 1 N–H and O–H groups in total. The van der Waals surface area contributed by atoms with Crippen molar-refractivity contribution in [3.05, 3.63) is 41.5 Å². The first-order valence-corrected chi connectivity index (χ1v) is 7.82. The van der Waals surface area contributed by atoms with Crippen molar-refractivity contribution in [2.24, 2.45) is 4.99 Å². The van der Waals surface area contributed by atoms with Crippen molar-refractivity contribution in [3.63, 3.8) is 0 Å². The van der Waals surface area contributed by atoms with E-state index in [1.807, 2.05) is 24.3 Å². The number of fused-ring (bicyclic) bond motifs is 1. The topological polar surface area (TPSA) is 57.2 Å². The molecular formula is C15H17N5S. The molecule has 0 unspecified atom stereocenters. The molecule has 5 nitrogen and oxygen atoms in total. The van der Waals surface area contributed by atoms with Gasteiger partial charge in [0, 0.05) is 19.2 Å². The third-order valence-corrected chi connectivity index (χ3v) is 4.29. The molecule has 0 atom stereocenters. The van der Waals surface area contributed by atoms with Crippen LogP contribution in [0.2, 0.25) is 0 Å². The van der Waals surface area contributed by atoms with E-state index in [1.165, 1.54) is 4.70 Å². The highest BCUT2D eigenvalue weighted by molar-refractivity contribution is 7.20. The van der Waals surface area contributed by atoms with E-state index in [4.69, 9.17) is 9.98 Å². The molecule has 3 rings (SSSR count). The van der Waals surface area contributed by atoms with Gasteiger partial charge in [0.25, 0.3) is 0 Å². The van der Waals surface area contributed by atoms with Crippen LogP contribution in [-0.4, -0.2) is 39.0 Å². The van der Waals surface area contributed by atoms with E-state index in [1.54, 1.807) is 17.5 Å². The van der Waals surface area contributed by atoms with E-state index < -0.39 is 0 Å². The van der Waals surface area contributed by atoms with E-state index >= 15 is 0 Å². The number of nitrogens with zero attached hydrogens (tertiary/aromatic N) is 4. The molecule has 0 radical (unpaired) electrons. The summed E-state index contributed by atoms with van der Waals surface area (Å²) < 4.78 is 1.18. The third-order valence-electron chi connectivity index (χ3n) is 3.26. The molecule has 0 amide bonds. The number of hydrogen-bond acceptors (Lipinski definition) is 4. The standard InChI is InChI=1S/C15H17N5S/c1-3-20(4-2)14(18-13-9-10-16-19-13)15-17-11-7-5-6-8-12(11)21-15/h5-10H,3-4H2,1-2H3,(H,16,19)/b18-14+. The summed E-state index contributed by atoms with van der Waals surface area (Å²) in [6, 6.07) is 10.0. The van der Waals surface area contributed by atoms with Crippen molar-refractivity contribution >= 4 is 33.2 Å². The first kappa shape index (κ1) is 13.8. The molecule has 0 saturated heterocycles. The largest absolute Gasteiger partial charge is 0.355 e. The van der Waals surface area contributed by atoms with Gasteiger partial charge in [-0.2, -0.15) is 5.10 Å². The molecule has 0 saturated carbocycles. The lowest BCUT2D eigenvalue weighted by molar-refractivity contribution is 0.466. The average Bonchev–Trinajstić information content (AvgIpc) is 3.16. The van der Waals surface area contributed by atoms with Crippen molar-refractivity contribution in [1.29, 1.82) is 0 Å². The van der Waals surface area contributed by atoms with Crippen molar-refractivity contribution < 1.29 is 0 Å². The molecular weight excluding hydrogens is 282 g/mol. The van der Waals surface area contributed by atoms with E-state index in [0.717, 1.165) is 35.3 Å². The molecule has 0 bridgehead atoms. The summed E-state index contributed by atoms with van der Waals surface area (Å²) in [5.41, 5.74) is 1.02. The van der Waals surface area contributed by atoms with Gasteiger partial charge in [-0.25, -0.2) is 9.98 Å². The van der Waals surface area contributed by atoms with Crippen molar-refractivity contribution in [2.75, 3.05) is 13.1 Å². The summed E-state index contributed by atoms with van der Waals surface area (Å²) in [6.45, 7) is 6.03. The maximum absolute atomic E-state index is 4.72. The van der Waals surface area contributed by atoms with Gasteiger partial charge >= 0.3 is 0 Å². The minimum absolute atomic E-state index is 0.746. The monoisotopic (exact) mass is 299 g/mol. The van der Waals surface area contributed by atoms with Crippen LogP contribution in [0.25, 0.3) is 10.2 Å². The second-order valence-electron chi connectivity index (χ2n) is 4.54. The Balaban J connectivity index is 2.09. The van der Waals surface area contributed by atoms with Gasteiger partial charge in [0.05, 0.1) is 16.4 Å². The molecule has 1 aromatic carbocycles. The zero-order valence-electron chi connectivity index (χ0n) is 12.1. The summed E-state index contributed by atoms with van der Waals surface area (Å²) in [4.78, 5) is 11.6. The smallest absolute Gasteiger partial charge is 0.167 e. The Morgan fingerprint density at radius 2 is 2.05 bits per heavy atom. The number of para-hydroxylation sites is 1. The summed E-state index contributed by atoms with van der Waals surface area (Å²) in [5, 5.41) is 7.78. The Bertz CT molecular complexity index is 707. The Kier molecular flexibility index (Phi) is 3.96. The number of aromatic nitrogens is 3. The number of thiazole rings is 1. The Morgan fingerprint density at radius 1 is 1.24 bits per heavy atom. The quantitative estimate of drug-likeness (QED) is 0.593. The number of rotatable bonds is 4. The first-order valence-electron chi connectivity index (χ1n) is 7.00. The Labute approximate surface area is 127 Å². The second-order valence-corrected chi connectivity index (χ2v) is 5.57. The molecule has 2 aromatic heterocycles. The number of H-pyrrole nitrogens is 1. The summed E-state index contributed by atoms with van der Waals surface area (Å²) >= 11 is 1.67. The van der Waals surface area contributed by atoms with Crippen LogP contribution in [0.4, 0.5) is 5.82 Å². The predicted octanol–water partition coefficient (Wildman–Crippen LogP) is 3.44. The summed E-state index contributed by atoms with van der Waals surface area (Å²) in [6.07, 6.45) is 1.71. The predicted molar refractivity (Wildman–Crippen MR) is 87.3 cm³/mol. The highest BCUT2D eigenvalue weighted by atomic mass is 32.1. The Hall–Kier alpha value is -2.21. The van der Waals surface area contributed by atoms with Crippen LogP contribution in [0, 0.1) is 0 Å². The summed E-state index contributed by atoms with van der Waals surface area (Å²) in [5.74, 6) is 1.64. The maximum atomic E-state index is 4.72. The fraction of sp³-hybridized carbons (Fsp3) is 0.267. The fourth-order valence-corrected chi connectivity index (χ4v) is 3.15. The van der Waals surface area contributed by atoms with Crippen molar-refractivity contribution in [2.45, 2.75) is 13.8 Å². The van der Waals surface area contributed by atoms with E-state index in [-0.39, 0.29) is 0 Å². The molecule has 0 aliphatic carbocycles. The summed E-state index contributed by atoms with van der Waals surface area (Å²) in [7, 11) is 0. The van der Waals surface area contributed by atoms with Gasteiger partial charge in [-0.3, -0.25) is 5.10 Å². The van der Waals surface area contributed by atoms with Gasteiger partial charge in [0.15, 0.2) is 10.8 Å². The fourth-order valence-electron chi connectivity index (χ4n) is 2.17. The minimum Gasteiger partial charge on any atom is -0.355 e. The van der Waals surface area contributed by atoms with Crippen molar-refractivity contribution in [3.8, 4) is 0 Å². The molecule has 0 aliphatic rings. The maximum Gasteiger partial charge on any atom is 0.167 e. The molecule has 3 aromatic rings. The van der Waals surface area contributed by atoms with Gasteiger partial charge < -0.3 is 4.90 Å². The minimum atomic E-state index is 0.746. The average molecular weight is 299 g/mol. The SMILES string of the molecule is CCN(CC)/C(=N/c1ccn[nH]1)c1nc2ccccc2s1. The normalized spacial score (nSPS) is 12.0. The van der Waals surface area contributed by atoms with Gasteiger partial charge in [0.2, 0.25) is 0 Å².